The Bertz CT molecular complexity index is 583. The zero-order valence-corrected chi connectivity index (χ0v) is 11.1. The Labute approximate surface area is 111 Å². The zero-order chi connectivity index (χ0) is 12.3. The number of aromatic nitrogens is 2. The van der Waals surface area contributed by atoms with Crippen LogP contribution in [0.3, 0.4) is 0 Å². The quantitative estimate of drug-likeness (QED) is 0.867. The van der Waals surface area contributed by atoms with Gasteiger partial charge < -0.3 is 14.5 Å². The van der Waals surface area contributed by atoms with Gasteiger partial charge in [-0.05, 0) is 34.7 Å². The number of benzene rings is 1. The lowest BCUT2D eigenvalue weighted by Crippen LogP contribution is -2.11. The minimum atomic E-state index is -0.372. The molecule has 0 saturated carbocycles. The van der Waals surface area contributed by atoms with Crippen LogP contribution in [0.4, 0.5) is 0 Å². The van der Waals surface area contributed by atoms with Gasteiger partial charge in [-0.2, -0.15) is 0 Å². The third kappa shape index (κ3) is 2.57. The van der Waals surface area contributed by atoms with Crippen LogP contribution in [0.25, 0.3) is 0 Å². The fraction of sp³-hybridized carbons (Fsp3) is 0.0909. The van der Waals surface area contributed by atoms with Crippen LogP contribution in [-0.4, -0.2) is 17.1 Å². The summed E-state index contributed by atoms with van der Waals surface area (Å²) >= 11 is 2.14. The van der Waals surface area contributed by atoms with Crippen LogP contribution in [0, 0.1) is 3.57 Å². The van der Waals surface area contributed by atoms with Crippen molar-refractivity contribution >= 4 is 22.6 Å². The van der Waals surface area contributed by atoms with Crippen LogP contribution in [0.15, 0.2) is 35.4 Å². The molecule has 88 valence electrons. The van der Waals surface area contributed by atoms with Crippen molar-refractivity contribution < 1.29 is 9.47 Å². The van der Waals surface area contributed by atoms with E-state index < -0.39 is 0 Å². The van der Waals surface area contributed by atoms with Gasteiger partial charge in [0.1, 0.15) is 5.75 Å². The van der Waals surface area contributed by atoms with Crippen molar-refractivity contribution in [2.24, 2.45) is 0 Å². The van der Waals surface area contributed by atoms with Crippen LogP contribution in [0.2, 0.25) is 0 Å². The number of H-pyrrole nitrogens is 1. The fourth-order valence-corrected chi connectivity index (χ4v) is 1.75. The molecule has 2 aromatic rings. The van der Waals surface area contributed by atoms with Crippen molar-refractivity contribution in [2.45, 2.75) is 0 Å². The van der Waals surface area contributed by atoms with Gasteiger partial charge >= 0.3 is 0 Å². The van der Waals surface area contributed by atoms with E-state index in [0.717, 1.165) is 3.57 Å². The lowest BCUT2D eigenvalue weighted by Gasteiger charge is -2.08. The normalized spacial score (nSPS) is 10.0. The first-order valence-electron chi connectivity index (χ1n) is 4.76. The Morgan fingerprint density at radius 1 is 1.35 bits per heavy atom. The maximum absolute atomic E-state index is 11.4. The van der Waals surface area contributed by atoms with Crippen LogP contribution >= 0.6 is 22.6 Å². The van der Waals surface area contributed by atoms with Crippen molar-refractivity contribution in [3.63, 3.8) is 0 Å². The van der Waals surface area contributed by atoms with Gasteiger partial charge in [-0.1, -0.05) is 12.1 Å². The van der Waals surface area contributed by atoms with Gasteiger partial charge in [0.2, 0.25) is 5.75 Å². The van der Waals surface area contributed by atoms with Crippen LogP contribution in [-0.2, 0) is 0 Å². The predicted octanol–water partition coefficient (Wildman–Crippen LogP) is 2.18. The van der Waals surface area contributed by atoms with Crippen molar-refractivity contribution in [2.75, 3.05) is 7.11 Å². The van der Waals surface area contributed by atoms with E-state index in [4.69, 9.17) is 9.47 Å². The summed E-state index contributed by atoms with van der Waals surface area (Å²) in [6.45, 7) is 0. The van der Waals surface area contributed by atoms with Gasteiger partial charge in [0.25, 0.3) is 11.4 Å². The smallest absolute Gasteiger partial charge is 0.297 e. The van der Waals surface area contributed by atoms with Gasteiger partial charge in [-0.3, -0.25) is 4.79 Å². The average molecular weight is 344 g/mol. The van der Waals surface area contributed by atoms with Crippen molar-refractivity contribution in [3.05, 3.63) is 44.5 Å². The highest BCUT2D eigenvalue weighted by molar-refractivity contribution is 14.1. The molecule has 17 heavy (non-hydrogen) atoms. The summed E-state index contributed by atoms with van der Waals surface area (Å²) in [5, 5.41) is 0. The minimum absolute atomic E-state index is 0.0622. The van der Waals surface area contributed by atoms with E-state index in [1.54, 1.807) is 6.07 Å². The third-order valence-corrected chi connectivity index (χ3v) is 2.92. The van der Waals surface area contributed by atoms with Gasteiger partial charge in [-0.25, -0.2) is 4.98 Å². The monoisotopic (exact) mass is 344 g/mol. The number of methoxy groups -OCH3 is 1. The predicted molar refractivity (Wildman–Crippen MR) is 70.6 cm³/mol. The molecule has 0 atom stereocenters. The van der Waals surface area contributed by atoms with Crippen molar-refractivity contribution in [1.29, 1.82) is 0 Å². The molecular formula is C11H9IN2O3. The molecule has 0 fully saturated rings. The second-order valence-corrected chi connectivity index (χ2v) is 4.26. The molecule has 0 radical (unpaired) electrons. The number of aromatic amines is 1. The molecule has 0 amide bonds. The number of para-hydroxylation sites is 1. The number of nitrogens with one attached hydrogen (secondary N) is 1. The number of hydrogen-bond donors (Lipinski definition) is 1. The maximum atomic E-state index is 11.4. The topological polar surface area (TPSA) is 64.2 Å². The molecule has 2 rings (SSSR count). The highest BCUT2D eigenvalue weighted by Crippen LogP contribution is 2.28. The van der Waals surface area contributed by atoms with Crippen LogP contribution in [0.5, 0.6) is 17.4 Å². The lowest BCUT2D eigenvalue weighted by atomic mass is 10.3. The lowest BCUT2D eigenvalue weighted by molar-refractivity contribution is 0.362. The first kappa shape index (κ1) is 11.9. The first-order chi connectivity index (χ1) is 8.22. The summed E-state index contributed by atoms with van der Waals surface area (Å²) in [6, 6.07) is 7.44. The van der Waals surface area contributed by atoms with E-state index in [0.29, 0.717) is 5.75 Å². The van der Waals surface area contributed by atoms with E-state index in [1.807, 2.05) is 18.2 Å². The van der Waals surface area contributed by atoms with E-state index >= 15 is 0 Å². The standard InChI is InChI=1S/C11H9IN2O3/c1-16-9-10(15)13-6-14-11(9)17-8-5-3-2-4-7(8)12/h2-6H,1H3,(H,13,14,15). The zero-order valence-electron chi connectivity index (χ0n) is 8.94. The summed E-state index contributed by atoms with van der Waals surface area (Å²) in [7, 11) is 1.40. The van der Waals surface area contributed by atoms with Gasteiger partial charge in [0.05, 0.1) is 17.0 Å². The fourth-order valence-electron chi connectivity index (χ4n) is 1.26. The molecule has 0 saturated heterocycles. The van der Waals surface area contributed by atoms with Crippen molar-refractivity contribution in [3.8, 4) is 17.4 Å². The number of nitrogens with zero attached hydrogens (tertiary/aromatic N) is 1. The van der Waals surface area contributed by atoms with E-state index in [-0.39, 0.29) is 17.2 Å². The molecule has 1 heterocycles. The largest absolute Gasteiger partial charge is 0.487 e. The number of halogens is 1. The Hall–Kier alpha value is -1.57. The third-order valence-electron chi connectivity index (χ3n) is 2.03. The molecule has 1 aromatic heterocycles. The summed E-state index contributed by atoms with van der Waals surface area (Å²) in [5.41, 5.74) is -0.372. The molecular weight excluding hydrogens is 335 g/mol. The minimum Gasteiger partial charge on any atom is -0.487 e. The molecule has 0 bridgehead atoms. The average Bonchev–Trinajstić information content (AvgIpc) is 2.32. The SMILES string of the molecule is COc1c(Oc2ccccc2I)nc[nH]c1=O. The summed E-state index contributed by atoms with van der Waals surface area (Å²) < 4.78 is 11.4. The van der Waals surface area contributed by atoms with Gasteiger partial charge in [0, 0.05) is 0 Å². The molecule has 0 unspecified atom stereocenters. The maximum Gasteiger partial charge on any atom is 0.297 e. The second kappa shape index (κ2) is 5.17. The van der Waals surface area contributed by atoms with E-state index in [2.05, 4.69) is 32.6 Å². The van der Waals surface area contributed by atoms with Crippen molar-refractivity contribution in [1.82, 2.24) is 9.97 Å². The summed E-state index contributed by atoms with van der Waals surface area (Å²) in [6.07, 6.45) is 1.27. The molecule has 0 aliphatic rings. The number of hydrogen-bond acceptors (Lipinski definition) is 4. The van der Waals surface area contributed by atoms with Crippen LogP contribution in [0.1, 0.15) is 0 Å². The second-order valence-electron chi connectivity index (χ2n) is 3.10. The van der Waals surface area contributed by atoms with Crippen LogP contribution < -0.4 is 15.0 Å². The number of ether oxygens (including phenoxy) is 2. The molecule has 5 nitrogen and oxygen atoms in total. The molecule has 0 spiro atoms. The molecule has 6 heteroatoms. The Kier molecular flexibility index (Phi) is 3.62. The molecule has 1 aromatic carbocycles. The van der Waals surface area contributed by atoms with E-state index in [9.17, 15) is 4.79 Å². The van der Waals surface area contributed by atoms with E-state index in [1.165, 1.54) is 13.4 Å². The summed E-state index contributed by atoms with van der Waals surface area (Å²) in [4.78, 5) is 17.8. The Balaban J connectivity index is 2.40. The molecule has 0 aliphatic heterocycles. The molecule has 1 N–H and O–H groups in total. The Morgan fingerprint density at radius 3 is 2.82 bits per heavy atom. The first-order valence-corrected chi connectivity index (χ1v) is 5.84. The Morgan fingerprint density at radius 2 is 2.12 bits per heavy atom. The van der Waals surface area contributed by atoms with Gasteiger partial charge in [-0.15, -0.1) is 0 Å². The highest BCUT2D eigenvalue weighted by atomic mass is 127. The summed E-state index contributed by atoms with van der Waals surface area (Å²) in [5.74, 6) is 0.844. The van der Waals surface area contributed by atoms with Gasteiger partial charge in [0.15, 0.2) is 0 Å². The number of rotatable bonds is 3. The highest BCUT2D eigenvalue weighted by Gasteiger charge is 2.12. The molecule has 0 aliphatic carbocycles.